The summed E-state index contributed by atoms with van der Waals surface area (Å²) in [6.45, 7) is 7.13. The van der Waals surface area contributed by atoms with E-state index >= 15 is 0 Å². The number of nitrogens with zero attached hydrogens (tertiary/aromatic N) is 1. The number of pyridine rings is 1. The summed E-state index contributed by atoms with van der Waals surface area (Å²) in [5, 5.41) is 10.4. The third-order valence-electron chi connectivity index (χ3n) is 7.57. The number of aryl methyl sites for hydroxylation is 2. The van der Waals surface area contributed by atoms with Crippen LogP contribution in [0.25, 0.3) is 50.1 Å². The molecule has 0 aliphatic heterocycles. The Labute approximate surface area is 261 Å². The van der Waals surface area contributed by atoms with Crippen molar-refractivity contribution in [3.05, 3.63) is 118 Å². The van der Waals surface area contributed by atoms with Gasteiger partial charge in [-0.1, -0.05) is 66.1 Å². The quantitative estimate of drug-likeness (QED) is 0.111. The first kappa shape index (κ1) is 30.3. The van der Waals surface area contributed by atoms with Gasteiger partial charge in [0.2, 0.25) is 5.71 Å². The molecule has 219 valence electrons. The maximum Gasteiger partial charge on any atom is 0.215 e. The molecule has 1 unspecified atom stereocenters. The normalized spacial score (nSPS) is 15.7. The summed E-state index contributed by atoms with van der Waals surface area (Å²) in [7, 11) is 0. The van der Waals surface area contributed by atoms with Crippen molar-refractivity contribution in [2.45, 2.75) is 34.1 Å². The molecule has 4 nitrogen and oxygen atoms in total. The average Bonchev–Trinajstić information content (AvgIpc) is 3.32. The molecule has 43 heavy (non-hydrogen) atoms. The molecule has 2 heterocycles. The van der Waals surface area contributed by atoms with Gasteiger partial charge in [-0.2, -0.15) is 17.7 Å². The van der Waals surface area contributed by atoms with Crippen molar-refractivity contribution in [2.75, 3.05) is 0 Å². The van der Waals surface area contributed by atoms with Crippen molar-refractivity contribution in [1.29, 1.82) is 0 Å². The van der Waals surface area contributed by atoms with Crippen LogP contribution in [0.3, 0.4) is 0 Å². The smallest absolute Gasteiger partial charge is 0.215 e. The summed E-state index contributed by atoms with van der Waals surface area (Å²) in [6.07, 6.45) is 12.1. The van der Waals surface area contributed by atoms with Crippen LogP contribution in [0, 0.1) is 37.5 Å². The minimum atomic E-state index is -0.595. The van der Waals surface area contributed by atoms with E-state index in [9.17, 15) is 13.6 Å². The molecule has 3 aromatic carbocycles. The first-order valence-corrected chi connectivity index (χ1v) is 13.7. The first-order chi connectivity index (χ1) is 20.1. The van der Waals surface area contributed by atoms with Crippen LogP contribution in [0.5, 0.6) is 0 Å². The van der Waals surface area contributed by atoms with Gasteiger partial charge in [0.1, 0.15) is 5.82 Å². The largest absolute Gasteiger partial charge is 0.512 e. The van der Waals surface area contributed by atoms with E-state index in [1.54, 1.807) is 12.1 Å². The molecule has 1 atom stereocenters. The number of furan rings is 1. The number of carbonyl (C=O) groups excluding carboxylic acids is 1. The maximum atomic E-state index is 14.9. The Hall–Kier alpha value is -4.19. The number of rotatable bonds is 2. The number of aliphatic hydroxyl groups excluding tert-OH is 1. The number of halogens is 2. The SMILES string of the molecule is CC(=O)/C=C(/C)O.Cc1cc(C)c2c(c1)C=CC1C[C-]=C(c3ccc4c(n3)oc3c(F)cc5c(F)cccc5c34)C=C21.[Ir]. The molecule has 0 saturated carbocycles. The van der Waals surface area contributed by atoms with Crippen LogP contribution < -0.4 is 0 Å². The molecule has 7 heteroatoms. The van der Waals surface area contributed by atoms with E-state index in [0.717, 1.165) is 17.7 Å². The van der Waals surface area contributed by atoms with Gasteiger partial charge in [-0.15, -0.1) is 0 Å². The number of aromatic nitrogens is 1. The predicted molar refractivity (Wildman–Crippen MR) is 164 cm³/mol. The molecule has 1 N–H and O–H groups in total. The Bertz CT molecular complexity index is 2060. The zero-order valence-electron chi connectivity index (χ0n) is 24.0. The van der Waals surface area contributed by atoms with Gasteiger partial charge >= 0.3 is 0 Å². The van der Waals surface area contributed by atoms with Crippen LogP contribution in [0.1, 0.15) is 48.2 Å². The van der Waals surface area contributed by atoms with E-state index < -0.39 is 11.6 Å². The minimum absolute atomic E-state index is 0. The fraction of sp³-hybridized carbons (Fsp3) is 0.167. The zero-order chi connectivity index (χ0) is 29.7. The number of fused-ring (bicyclic) bond motifs is 8. The molecule has 0 bridgehead atoms. The number of benzene rings is 3. The van der Waals surface area contributed by atoms with E-state index in [0.29, 0.717) is 21.9 Å². The molecule has 5 aromatic rings. The monoisotopic (exact) mass is 753 g/mol. The second-order valence-electron chi connectivity index (χ2n) is 10.9. The molecule has 0 saturated heterocycles. The van der Waals surface area contributed by atoms with Crippen LogP contribution in [-0.2, 0) is 24.9 Å². The molecule has 1 radical (unpaired) electrons. The molecule has 7 rings (SSSR count). The molecule has 0 amide bonds. The Morgan fingerprint density at radius 3 is 2.56 bits per heavy atom. The van der Waals surface area contributed by atoms with Crippen molar-refractivity contribution in [3.8, 4) is 0 Å². The van der Waals surface area contributed by atoms with Crippen molar-refractivity contribution >= 4 is 55.8 Å². The van der Waals surface area contributed by atoms with E-state index in [1.807, 2.05) is 12.1 Å². The van der Waals surface area contributed by atoms with Crippen LogP contribution >= 0.6 is 0 Å². The minimum Gasteiger partial charge on any atom is -0.512 e. The van der Waals surface area contributed by atoms with Crippen LogP contribution in [0.15, 0.2) is 76.9 Å². The van der Waals surface area contributed by atoms with Gasteiger partial charge in [0, 0.05) is 42.3 Å². The van der Waals surface area contributed by atoms with Crippen LogP contribution in [-0.4, -0.2) is 15.9 Å². The second-order valence-corrected chi connectivity index (χ2v) is 10.9. The summed E-state index contributed by atoms with van der Waals surface area (Å²) in [6, 6.07) is 14.2. The number of allylic oxidation sites excluding steroid dienone is 7. The number of aliphatic hydroxyl groups is 1. The number of ketones is 1. The van der Waals surface area contributed by atoms with Gasteiger partial charge < -0.3 is 9.52 Å². The first-order valence-electron chi connectivity index (χ1n) is 13.7. The van der Waals surface area contributed by atoms with E-state index in [-0.39, 0.29) is 48.5 Å². The second kappa shape index (κ2) is 11.8. The zero-order valence-corrected chi connectivity index (χ0v) is 26.4. The van der Waals surface area contributed by atoms with Gasteiger partial charge in [0.05, 0.1) is 5.76 Å². The maximum absolute atomic E-state index is 14.9. The van der Waals surface area contributed by atoms with E-state index in [1.165, 1.54) is 59.9 Å². The van der Waals surface area contributed by atoms with Crippen molar-refractivity contribution < 1.29 is 43.2 Å². The number of carbonyl (C=O) groups is 1. The number of hydrogen-bond donors (Lipinski definition) is 1. The van der Waals surface area contributed by atoms with Gasteiger partial charge in [-0.25, -0.2) is 8.78 Å². The van der Waals surface area contributed by atoms with Crippen LogP contribution in [0.4, 0.5) is 8.78 Å². The fourth-order valence-electron chi connectivity index (χ4n) is 5.94. The van der Waals surface area contributed by atoms with Crippen molar-refractivity contribution in [1.82, 2.24) is 4.98 Å². The topological polar surface area (TPSA) is 63.3 Å². The molecular weight excluding hydrogens is 725 g/mol. The van der Waals surface area contributed by atoms with Crippen molar-refractivity contribution in [3.63, 3.8) is 0 Å². The molecular formula is C36H28F2IrNO3-. The van der Waals surface area contributed by atoms with Gasteiger partial charge in [0.15, 0.2) is 17.2 Å². The number of hydrogen-bond acceptors (Lipinski definition) is 4. The van der Waals surface area contributed by atoms with Gasteiger partial charge in [0.25, 0.3) is 0 Å². The van der Waals surface area contributed by atoms with E-state index in [4.69, 9.17) is 14.5 Å². The Morgan fingerprint density at radius 1 is 1.05 bits per heavy atom. The Morgan fingerprint density at radius 2 is 1.84 bits per heavy atom. The van der Waals surface area contributed by atoms with Crippen LogP contribution in [0.2, 0.25) is 0 Å². The average molecular weight is 753 g/mol. The Kier molecular flexibility index (Phi) is 8.33. The fourth-order valence-corrected chi connectivity index (χ4v) is 5.94. The van der Waals surface area contributed by atoms with Gasteiger partial charge in [-0.3, -0.25) is 9.78 Å². The summed E-state index contributed by atoms with van der Waals surface area (Å²) in [5.74, 6) is -0.829. The summed E-state index contributed by atoms with van der Waals surface area (Å²) >= 11 is 0. The molecule has 2 aliphatic carbocycles. The Balaban J connectivity index is 0.000000415. The summed E-state index contributed by atoms with van der Waals surface area (Å²) in [5.41, 5.74) is 8.35. The molecule has 0 fully saturated rings. The molecule has 0 spiro atoms. The van der Waals surface area contributed by atoms with Gasteiger partial charge in [-0.05, 0) is 73.5 Å². The molecule has 2 aliphatic rings. The van der Waals surface area contributed by atoms with E-state index in [2.05, 4.69) is 50.3 Å². The predicted octanol–water partition coefficient (Wildman–Crippen LogP) is 9.38. The summed E-state index contributed by atoms with van der Waals surface area (Å²) in [4.78, 5) is 14.8. The van der Waals surface area contributed by atoms with Crippen molar-refractivity contribution in [2.24, 2.45) is 5.92 Å². The third kappa shape index (κ3) is 5.63. The third-order valence-corrected chi connectivity index (χ3v) is 7.57. The standard InChI is InChI=1S/C31H20F2NO.C5H8O2.Ir/c1-16-12-17(2)28-20(13-16)9-7-18-6-8-19(14-23(18)28)27-11-10-22-29-21-4-3-5-25(32)24(21)15-26(33)30(29)35-31(22)34-27;1-4(6)3-5(2)7;/h3-5,7,9-15,18H,6H2,1-2H3;3,6H,1-2H3;/q-1;;/b;4-3-;. The molecule has 2 aromatic heterocycles. The summed E-state index contributed by atoms with van der Waals surface area (Å²) < 4.78 is 35.1.